The maximum Gasteiger partial charge on any atom is 0.280 e. The maximum absolute atomic E-state index is 12.5. The first-order valence-electron chi connectivity index (χ1n) is 8.85. The zero-order chi connectivity index (χ0) is 21.4. The summed E-state index contributed by atoms with van der Waals surface area (Å²) in [6.07, 6.45) is 1.44. The van der Waals surface area contributed by atoms with Crippen LogP contribution in [0.2, 0.25) is 0 Å². The number of fused-ring (bicyclic) bond motifs is 1. The molecule has 0 radical (unpaired) electrons. The topological polar surface area (TPSA) is 126 Å². The molecule has 0 fully saturated rings. The number of nitro benzene ring substituents is 1. The molecule has 1 aromatic carbocycles. The Morgan fingerprint density at radius 2 is 2.07 bits per heavy atom. The number of nitrogens with zero attached hydrogens (tertiary/aromatic N) is 3. The Bertz CT molecular complexity index is 1440. The first-order chi connectivity index (χ1) is 14.4. The molecule has 0 aliphatic rings. The van der Waals surface area contributed by atoms with Crippen LogP contribution in [0, 0.1) is 35.3 Å². The number of nitrogens with one attached hydrogen (secondary N) is 1. The van der Waals surface area contributed by atoms with Gasteiger partial charge in [-0.15, -0.1) is 11.3 Å². The van der Waals surface area contributed by atoms with Gasteiger partial charge in [-0.05, 0) is 37.6 Å². The molecule has 0 saturated heterocycles. The number of hydrogen-bond acceptors (Lipinski definition) is 7. The number of nitriles is 1. The minimum Gasteiger partial charge on any atom is -0.456 e. The van der Waals surface area contributed by atoms with Gasteiger partial charge in [0.25, 0.3) is 11.2 Å². The summed E-state index contributed by atoms with van der Waals surface area (Å²) < 4.78 is 5.71. The summed E-state index contributed by atoms with van der Waals surface area (Å²) in [5.74, 6) is 0.744. The normalized spacial score (nSPS) is 11.6. The van der Waals surface area contributed by atoms with E-state index in [4.69, 9.17) is 4.42 Å². The van der Waals surface area contributed by atoms with Crippen LogP contribution in [0.25, 0.3) is 33.2 Å². The smallest absolute Gasteiger partial charge is 0.280 e. The van der Waals surface area contributed by atoms with Gasteiger partial charge in [-0.1, -0.05) is 12.1 Å². The molecule has 0 bridgehead atoms. The summed E-state index contributed by atoms with van der Waals surface area (Å²) in [4.78, 5) is 31.9. The van der Waals surface area contributed by atoms with Gasteiger partial charge in [0.15, 0.2) is 5.82 Å². The molecule has 148 valence electrons. The molecular weight excluding hydrogens is 404 g/mol. The molecule has 0 spiro atoms. The highest BCUT2D eigenvalue weighted by Gasteiger charge is 2.18. The predicted molar refractivity (Wildman–Crippen MR) is 114 cm³/mol. The zero-order valence-electron chi connectivity index (χ0n) is 15.9. The second-order valence-electron chi connectivity index (χ2n) is 6.52. The largest absolute Gasteiger partial charge is 0.456 e. The van der Waals surface area contributed by atoms with E-state index in [0.29, 0.717) is 27.3 Å². The average Bonchev–Trinajstić information content (AvgIpc) is 3.30. The van der Waals surface area contributed by atoms with Gasteiger partial charge in [0, 0.05) is 17.0 Å². The summed E-state index contributed by atoms with van der Waals surface area (Å²) in [5, 5.41) is 21.4. The van der Waals surface area contributed by atoms with E-state index in [0.717, 1.165) is 10.4 Å². The monoisotopic (exact) mass is 418 g/mol. The number of rotatable bonds is 4. The van der Waals surface area contributed by atoms with Crippen LogP contribution >= 0.6 is 11.3 Å². The Hall–Kier alpha value is -4.03. The molecule has 3 heterocycles. The molecule has 3 aromatic heterocycles. The average molecular weight is 418 g/mol. The summed E-state index contributed by atoms with van der Waals surface area (Å²) in [6.45, 7) is 3.77. The SMILES string of the molecule is Cc1sc2nc(C(C#N)=Cc3ccc(-c4ccccc4[N+](=O)[O-])o3)[nH]c(=O)c2c1C. The third kappa shape index (κ3) is 3.29. The molecule has 9 heteroatoms. The fourth-order valence-electron chi connectivity index (χ4n) is 3.09. The molecule has 0 unspecified atom stereocenters. The Kier molecular flexibility index (Phi) is 4.77. The molecular formula is C21H14N4O4S. The third-order valence-electron chi connectivity index (χ3n) is 4.69. The Morgan fingerprint density at radius 3 is 2.80 bits per heavy atom. The van der Waals surface area contributed by atoms with Crippen molar-refractivity contribution in [1.29, 1.82) is 5.26 Å². The van der Waals surface area contributed by atoms with E-state index in [9.17, 15) is 20.2 Å². The second kappa shape index (κ2) is 7.42. The number of H-pyrrole nitrogens is 1. The van der Waals surface area contributed by atoms with Crippen LogP contribution in [0.1, 0.15) is 22.0 Å². The van der Waals surface area contributed by atoms with Crippen molar-refractivity contribution in [2.45, 2.75) is 13.8 Å². The molecule has 8 nitrogen and oxygen atoms in total. The second-order valence-corrected chi connectivity index (χ2v) is 7.73. The zero-order valence-corrected chi connectivity index (χ0v) is 16.7. The van der Waals surface area contributed by atoms with Gasteiger partial charge >= 0.3 is 0 Å². The van der Waals surface area contributed by atoms with Crippen molar-refractivity contribution in [1.82, 2.24) is 9.97 Å². The van der Waals surface area contributed by atoms with Crippen LogP contribution in [0.5, 0.6) is 0 Å². The maximum atomic E-state index is 12.5. The number of aromatic nitrogens is 2. The van der Waals surface area contributed by atoms with E-state index in [1.165, 1.54) is 23.5 Å². The highest BCUT2D eigenvalue weighted by atomic mass is 32.1. The highest BCUT2D eigenvalue weighted by molar-refractivity contribution is 7.18. The summed E-state index contributed by atoms with van der Waals surface area (Å²) in [7, 11) is 0. The van der Waals surface area contributed by atoms with E-state index < -0.39 is 4.92 Å². The molecule has 0 aliphatic heterocycles. The first-order valence-corrected chi connectivity index (χ1v) is 9.66. The van der Waals surface area contributed by atoms with Crippen LogP contribution in [-0.2, 0) is 0 Å². The fourth-order valence-corrected chi connectivity index (χ4v) is 4.12. The highest BCUT2D eigenvalue weighted by Crippen LogP contribution is 2.32. The first kappa shape index (κ1) is 19.3. The van der Waals surface area contributed by atoms with Crippen LogP contribution in [-0.4, -0.2) is 14.9 Å². The number of nitro groups is 1. The lowest BCUT2D eigenvalue weighted by Gasteiger charge is -2.00. The summed E-state index contributed by atoms with van der Waals surface area (Å²) >= 11 is 1.39. The predicted octanol–water partition coefficient (Wildman–Crippen LogP) is 4.83. The third-order valence-corrected chi connectivity index (χ3v) is 5.80. The van der Waals surface area contributed by atoms with Crippen LogP contribution in [0.15, 0.2) is 45.6 Å². The molecule has 0 atom stereocenters. The van der Waals surface area contributed by atoms with Gasteiger partial charge in [-0.3, -0.25) is 14.9 Å². The van der Waals surface area contributed by atoms with E-state index in [1.807, 2.05) is 19.9 Å². The van der Waals surface area contributed by atoms with Gasteiger partial charge in [-0.25, -0.2) is 4.98 Å². The number of hydrogen-bond donors (Lipinski definition) is 1. The van der Waals surface area contributed by atoms with Gasteiger partial charge < -0.3 is 9.40 Å². The van der Waals surface area contributed by atoms with Crippen molar-refractivity contribution < 1.29 is 9.34 Å². The van der Waals surface area contributed by atoms with E-state index in [2.05, 4.69) is 9.97 Å². The van der Waals surface area contributed by atoms with Crippen LogP contribution in [0.4, 0.5) is 5.69 Å². The van der Waals surface area contributed by atoms with Crippen molar-refractivity contribution in [3.63, 3.8) is 0 Å². The number of thiophene rings is 1. The number of allylic oxidation sites excluding steroid dienone is 1. The molecule has 4 aromatic rings. The summed E-state index contributed by atoms with van der Waals surface area (Å²) in [5.41, 5.74) is 0.929. The van der Waals surface area contributed by atoms with Crippen molar-refractivity contribution in [2.24, 2.45) is 0 Å². The molecule has 0 saturated carbocycles. The number of benzene rings is 1. The van der Waals surface area contributed by atoms with Crippen LogP contribution < -0.4 is 5.56 Å². The molecule has 4 rings (SSSR count). The number of para-hydroxylation sites is 1. The van der Waals surface area contributed by atoms with Crippen molar-refractivity contribution in [2.75, 3.05) is 0 Å². The lowest BCUT2D eigenvalue weighted by atomic mass is 10.1. The van der Waals surface area contributed by atoms with Crippen molar-refractivity contribution in [3.8, 4) is 17.4 Å². The standard InChI is InChI=1S/C21H14N4O4S/c1-11-12(2)30-21-18(11)20(26)23-19(24-21)13(10-22)9-14-7-8-17(29-14)15-5-3-4-6-16(15)25(27)28/h3-9H,1-2H3,(H,23,24,26). The number of aromatic amines is 1. The van der Waals surface area contributed by atoms with Crippen molar-refractivity contribution in [3.05, 3.63) is 78.9 Å². The number of furan rings is 1. The Morgan fingerprint density at radius 1 is 1.30 bits per heavy atom. The van der Waals surface area contributed by atoms with Crippen molar-refractivity contribution >= 4 is 38.9 Å². The lowest BCUT2D eigenvalue weighted by Crippen LogP contribution is -2.10. The Labute approximate surface area is 173 Å². The lowest BCUT2D eigenvalue weighted by molar-refractivity contribution is -0.384. The van der Waals surface area contributed by atoms with Crippen LogP contribution in [0.3, 0.4) is 0 Å². The van der Waals surface area contributed by atoms with E-state index in [1.54, 1.807) is 30.3 Å². The minimum atomic E-state index is -0.483. The van der Waals surface area contributed by atoms with E-state index in [-0.39, 0.29) is 22.6 Å². The molecule has 0 aliphatic carbocycles. The van der Waals surface area contributed by atoms with Gasteiger partial charge in [0.1, 0.15) is 22.4 Å². The van der Waals surface area contributed by atoms with E-state index >= 15 is 0 Å². The summed E-state index contributed by atoms with van der Waals surface area (Å²) in [6, 6.07) is 11.4. The quantitative estimate of drug-likeness (QED) is 0.287. The van der Waals surface area contributed by atoms with Gasteiger partial charge in [0.2, 0.25) is 0 Å². The Balaban J connectivity index is 1.77. The fraction of sp³-hybridized carbons (Fsp3) is 0.0952. The van der Waals surface area contributed by atoms with Gasteiger partial charge in [-0.2, -0.15) is 5.26 Å². The molecule has 30 heavy (non-hydrogen) atoms. The minimum absolute atomic E-state index is 0.0808. The number of aryl methyl sites for hydroxylation is 2. The van der Waals surface area contributed by atoms with Gasteiger partial charge in [0.05, 0.1) is 21.4 Å². The molecule has 0 amide bonds. The molecule has 1 N–H and O–H groups in total.